The molecule has 2 heterocycles. The molecule has 0 aliphatic carbocycles. The van der Waals surface area contributed by atoms with E-state index >= 15 is 0 Å². The lowest BCUT2D eigenvalue weighted by Crippen LogP contribution is -2.28. The molecule has 0 spiro atoms. The number of phenols is 1. The van der Waals surface area contributed by atoms with Crippen molar-refractivity contribution in [2.24, 2.45) is 9.98 Å². The van der Waals surface area contributed by atoms with E-state index in [1.807, 2.05) is 91.0 Å². The van der Waals surface area contributed by atoms with Crippen LogP contribution in [0.3, 0.4) is 0 Å². The van der Waals surface area contributed by atoms with Crippen LogP contribution >= 0.6 is 0 Å². The average molecular weight is 416 g/mol. The summed E-state index contributed by atoms with van der Waals surface area (Å²) in [4.78, 5) is 9.82. The Hall–Kier alpha value is -4.18. The molecule has 2 aliphatic heterocycles. The van der Waals surface area contributed by atoms with Gasteiger partial charge in [-0.2, -0.15) is 0 Å². The van der Waals surface area contributed by atoms with E-state index in [-0.39, 0.29) is 11.8 Å². The van der Waals surface area contributed by atoms with E-state index < -0.39 is 6.23 Å². The molecular weight excluding hydrogens is 396 g/mol. The van der Waals surface area contributed by atoms with Gasteiger partial charge in [-0.15, -0.1) is 0 Å². The number of allylic oxidation sites excluding steroid dienone is 1. The second-order valence-corrected chi connectivity index (χ2v) is 7.91. The molecule has 0 unspecified atom stereocenters. The Kier molecular flexibility index (Phi) is 4.36. The highest BCUT2D eigenvalue weighted by Crippen LogP contribution is 2.41. The Labute approximate surface area is 185 Å². The number of ether oxygens (including phenoxy) is 1. The van der Waals surface area contributed by atoms with Gasteiger partial charge in [0.2, 0.25) is 12.1 Å². The van der Waals surface area contributed by atoms with Crippen LogP contribution in [0.5, 0.6) is 5.75 Å². The van der Waals surface area contributed by atoms with Gasteiger partial charge in [-0.25, -0.2) is 9.98 Å². The van der Waals surface area contributed by atoms with Crippen molar-refractivity contribution >= 4 is 28.0 Å². The number of rotatable bonds is 3. The van der Waals surface area contributed by atoms with E-state index in [1.165, 1.54) is 0 Å². The summed E-state index contributed by atoms with van der Waals surface area (Å²) in [5, 5.41) is 13.0. The molecule has 0 fully saturated rings. The Morgan fingerprint density at radius 3 is 2.16 bits per heavy atom. The first kappa shape index (κ1) is 18.6. The van der Waals surface area contributed by atoms with Crippen LogP contribution in [0, 0.1) is 0 Å². The smallest absolute Gasteiger partial charge is 0.219 e. The number of dihydropyridines is 1. The summed E-state index contributed by atoms with van der Waals surface area (Å²) >= 11 is 0. The second-order valence-electron chi connectivity index (χ2n) is 7.91. The monoisotopic (exact) mass is 416 g/mol. The highest BCUT2D eigenvalue weighted by atomic mass is 16.5. The zero-order chi connectivity index (χ0) is 21.5. The molecular formula is C28H20N2O2. The Morgan fingerprint density at radius 2 is 1.38 bits per heavy atom. The van der Waals surface area contributed by atoms with E-state index in [1.54, 1.807) is 6.07 Å². The van der Waals surface area contributed by atoms with Crippen LogP contribution in [-0.4, -0.2) is 29.0 Å². The third kappa shape index (κ3) is 3.08. The van der Waals surface area contributed by atoms with E-state index in [2.05, 4.69) is 6.07 Å². The number of aliphatic imine (C=N–C) groups is 2. The van der Waals surface area contributed by atoms with Crippen LogP contribution < -0.4 is 0 Å². The minimum absolute atomic E-state index is 0.228. The van der Waals surface area contributed by atoms with Crippen LogP contribution in [0.25, 0.3) is 16.3 Å². The Morgan fingerprint density at radius 1 is 0.688 bits per heavy atom. The molecule has 4 nitrogen and oxygen atoms in total. The lowest BCUT2D eigenvalue weighted by atomic mass is 9.88. The number of benzene rings is 4. The standard InChI is InChI=1S/C28H20N2O2/c31-24-16-15-18-9-7-8-14-21(18)25(24)22-17-23(19-10-3-1-4-11-19)29-28-26(22)30-27(32-28)20-12-5-2-6-13-20/h1-17,26,28,31H/t26-,28+/m0/s1. The van der Waals surface area contributed by atoms with E-state index in [4.69, 9.17) is 14.7 Å². The van der Waals surface area contributed by atoms with Gasteiger partial charge in [0.25, 0.3) is 0 Å². The highest BCUT2D eigenvalue weighted by Gasteiger charge is 2.38. The summed E-state index contributed by atoms with van der Waals surface area (Å²) in [5.41, 5.74) is 4.42. The molecule has 32 heavy (non-hydrogen) atoms. The second kappa shape index (κ2) is 7.50. The minimum Gasteiger partial charge on any atom is -0.507 e. The SMILES string of the molecule is Oc1ccc2ccccc2c1C1=CC(c2ccccc2)=N[C@@H]2OC(c3ccccc3)=N[C@@H]12. The average Bonchev–Trinajstić information content (AvgIpc) is 3.29. The molecule has 0 saturated carbocycles. The lowest BCUT2D eigenvalue weighted by Gasteiger charge is -2.24. The Balaban J connectivity index is 1.56. The van der Waals surface area contributed by atoms with Crippen LogP contribution in [0.1, 0.15) is 16.7 Å². The fourth-order valence-corrected chi connectivity index (χ4v) is 4.40. The first-order chi connectivity index (χ1) is 15.8. The number of phenolic OH excluding ortho intramolecular Hbond substituents is 1. The largest absolute Gasteiger partial charge is 0.507 e. The molecule has 2 atom stereocenters. The summed E-state index contributed by atoms with van der Waals surface area (Å²) in [6, 6.07) is 31.3. The number of hydrogen-bond acceptors (Lipinski definition) is 4. The molecule has 6 rings (SSSR count). The van der Waals surface area contributed by atoms with Gasteiger partial charge in [0.15, 0.2) is 0 Å². The molecule has 4 aromatic rings. The van der Waals surface area contributed by atoms with Crippen LogP contribution in [-0.2, 0) is 4.74 Å². The molecule has 4 heteroatoms. The van der Waals surface area contributed by atoms with Crippen molar-refractivity contribution in [2.45, 2.75) is 12.3 Å². The number of aromatic hydroxyl groups is 1. The molecule has 154 valence electrons. The maximum Gasteiger partial charge on any atom is 0.219 e. The van der Waals surface area contributed by atoms with Gasteiger partial charge in [-0.05, 0) is 46.2 Å². The maximum atomic E-state index is 11.0. The van der Waals surface area contributed by atoms with Crippen molar-refractivity contribution in [1.82, 2.24) is 0 Å². The first-order valence-electron chi connectivity index (χ1n) is 10.6. The maximum absolute atomic E-state index is 11.0. The van der Waals surface area contributed by atoms with Gasteiger partial charge < -0.3 is 9.84 Å². The number of nitrogens with zero attached hydrogens (tertiary/aromatic N) is 2. The topological polar surface area (TPSA) is 54.2 Å². The van der Waals surface area contributed by atoms with E-state index in [0.29, 0.717) is 5.90 Å². The molecule has 4 aromatic carbocycles. The first-order valence-corrected chi connectivity index (χ1v) is 10.6. The van der Waals surface area contributed by atoms with Crippen LogP contribution in [0.2, 0.25) is 0 Å². The molecule has 2 aliphatic rings. The van der Waals surface area contributed by atoms with Gasteiger partial charge >= 0.3 is 0 Å². The lowest BCUT2D eigenvalue weighted by molar-refractivity contribution is 0.218. The summed E-state index contributed by atoms with van der Waals surface area (Å²) in [5.74, 6) is 0.802. The molecule has 0 radical (unpaired) electrons. The van der Waals surface area contributed by atoms with Gasteiger partial charge in [0.1, 0.15) is 11.8 Å². The van der Waals surface area contributed by atoms with Crippen molar-refractivity contribution in [3.05, 3.63) is 120 Å². The third-order valence-electron chi connectivity index (χ3n) is 5.92. The predicted molar refractivity (Wildman–Crippen MR) is 128 cm³/mol. The van der Waals surface area contributed by atoms with Gasteiger partial charge in [-0.3, -0.25) is 0 Å². The van der Waals surface area contributed by atoms with Crippen molar-refractivity contribution in [1.29, 1.82) is 0 Å². The molecule has 0 aromatic heterocycles. The molecule has 1 N–H and O–H groups in total. The Bertz CT molecular complexity index is 1410. The fraction of sp³-hybridized carbons (Fsp3) is 0.0714. The van der Waals surface area contributed by atoms with Gasteiger partial charge in [0.05, 0.1) is 5.71 Å². The normalized spacial score (nSPS) is 19.6. The van der Waals surface area contributed by atoms with Crippen molar-refractivity contribution in [3.8, 4) is 5.75 Å². The van der Waals surface area contributed by atoms with E-state index in [9.17, 15) is 5.11 Å². The molecule has 0 saturated heterocycles. The zero-order valence-corrected chi connectivity index (χ0v) is 17.2. The summed E-state index contributed by atoms with van der Waals surface area (Å²) in [6.07, 6.45) is 1.55. The highest BCUT2D eigenvalue weighted by molar-refractivity contribution is 6.16. The molecule has 0 bridgehead atoms. The van der Waals surface area contributed by atoms with Crippen molar-refractivity contribution in [2.75, 3.05) is 0 Å². The van der Waals surface area contributed by atoms with Gasteiger partial charge in [-0.1, -0.05) is 78.9 Å². The zero-order valence-electron chi connectivity index (χ0n) is 17.2. The summed E-state index contributed by atoms with van der Waals surface area (Å²) in [7, 11) is 0. The predicted octanol–water partition coefficient (Wildman–Crippen LogP) is 5.60. The van der Waals surface area contributed by atoms with E-state index in [0.717, 1.165) is 38.7 Å². The van der Waals surface area contributed by atoms with Crippen LogP contribution in [0.15, 0.2) is 113 Å². The summed E-state index contributed by atoms with van der Waals surface area (Å²) in [6.45, 7) is 0. The quantitative estimate of drug-likeness (QED) is 0.472. The summed E-state index contributed by atoms with van der Waals surface area (Å²) < 4.78 is 6.25. The number of fused-ring (bicyclic) bond motifs is 2. The van der Waals surface area contributed by atoms with Crippen molar-refractivity contribution < 1.29 is 9.84 Å². The minimum atomic E-state index is -0.487. The van der Waals surface area contributed by atoms with Crippen molar-refractivity contribution in [3.63, 3.8) is 0 Å². The number of hydrogen-bond donors (Lipinski definition) is 1. The van der Waals surface area contributed by atoms with Gasteiger partial charge in [0, 0.05) is 11.1 Å². The fourth-order valence-electron chi connectivity index (χ4n) is 4.40. The molecule has 0 amide bonds. The third-order valence-corrected chi connectivity index (χ3v) is 5.92. The van der Waals surface area contributed by atoms with Crippen LogP contribution in [0.4, 0.5) is 0 Å².